The maximum Gasteiger partial charge on any atom is 0.386 e. The molecule has 88 valence electrons. The zero-order valence-corrected chi connectivity index (χ0v) is 11.4. The average molecular weight is 252 g/mol. The third-order valence-corrected chi connectivity index (χ3v) is 4.25. The SMILES string of the molecule is BC1(C)CC(OP(=O)(S)OC)[C@@H](CC)O1. The van der Waals surface area contributed by atoms with Crippen molar-refractivity contribution < 1.29 is 18.3 Å². The summed E-state index contributed by atoms with van der Waals surface area (Å²) >= 11 is 3.85. The first kappa shape index (κ1) is 13.6. The molecule has 1 aliphatic heterocycles. The molecule has 0 saturated carbocycles. The lowest BCUT2D eigenvalue weighted by Gasteiger charge is -2.20. The van der Waals surface area contributed by atoms with E-state index in [0.29, 0.717) is 6.42 Å². The van der Waals surface area contributed by atoms with Gasteiger partial charge in [-0.3, -0.25) is 4.52 Å². The Kier molecular flexibility index (Phi) is 4.35. The molecule has 1 rings (SSSR count). The van der Waals surface area contributed by atoms with E-state index < -0.39 is 6.80 Å². The molecule has 1 saturated heterocycles. The summed E-state index contributed by atoms with van der Waals surface area (Å²) in [5, 5.41) is 0. The first-order chi connectivity index (χ1) is 6.79. The summed E-state index contributed by atoms with van der Waals surface area (Å²) in [6.07, 6.45) is 1.30. The van der Waals surface area contributed by atoms with Crippen molar-refractivity contribution in [3.05, 3.63) is 0 Å². The van der Waals surface area contributed by atoms with Crippen LogP contribution in [0.15, 0.2) is 0 Å². The van der Waals surface area contributed by atoms with Crippen LogP contribution in [0.5, 0.6) is 0 Å². The molecule has 0 aromatic carbocycles. The van der Waals surface area contributed by atoms with Gasteiger partial charge in [-0.15, -0.1) is 0 Å². The van der Waals surface area contributed by atoms with Gasteiger partial charge >= 0.3 is 6.80 Å². The van der Waals surface area contributed by atoms with Crippen LogP contribution in [0, 0.1) is 0 Å². The van der Waals surface area contributed by atoms with Gasteiger partial charge in [0.2, 0.25) is 0 Å². The van der Waals surface area contributed by atoms with E-state index in [4.69, 9.17) is 13.8 Å². The Hall–Kier alpha value is 0.525. The van der Waals surface area contributed by atoms with Crippen LogP contribution in [-0.4, -0.2) is 32.7 Å². The zero-order chi connectivity index (χ0) is 11.7. The Morgan fingerprint density at radius 1 is 1.73 bits per heavy atom. The molecule has 0 amide bonds. The molecular weight excluding hydrogens is 234 g/mol. The number of thiol groups is 1. The molecule has 0 aromatic rings. The summed E-state index contributed by atoms with van der Waals surface area (Å²) in [6, 6.07) is 0. The van der Waals surface area contributed by atoms with Gasteiger partial charge in [0.25, 0.3) is 0 Å². The molecule has 7 heteroatoms. The van der Waals surface area contributed by atoms with Gasteiger partial charge in [0, 0.05) is 12.6 Å². The Morgan fingerprint density at radius 2 is 2.33 bits per heavy atom. The van der Waals surface area contributed by atoms with E-state index in [-0.39, 0.29) is 17.7 Å². The van der Waals surface area contributed by atoms with E-state index in [1.54, 1.807) is 0 Å². The fourth-order valence-corrected chi connectivity index (χ4v) is 2.82. The summed E-state index contributed by atoms with van der Waals surface area (Å²) in [4.78, 5) is 0. The zero-order valence-electron chi connectivity index (χ0n) is 9.60. The van der Waals surface area contributed by atoms with Crippen LogP contribution in [0.3, 0.4) is 0 Å². The van der Waals surface area contributed by atoms with Crippen molar-refractivity contribution in [2.75, 3.05) is 7.11 Å². The van der Waals surface area contributed by atoms with Crippen LogP contribution in [0.2, 0.25) is 0 Å². The first-order valence-electron chi connectivity index (χ1n) is 5.04. The molecule has 1 heterocycles. The highest BCUT2D eigenvalue weighted by atomic mass is 32.7. The van der Waals surface area contributed by atoms with E-state index in [9.17, 15) is 4.57 Å². The molecule has 4 atom stereocenters. The minimum absolute atomic E-state index is 0.0318. The summed E-state index contributed by atoms with van der Waals surface area (Å²) in [5.41, 5.74) is -0.229. The summed E-state index contributed by atoms with van der Waals surface area (Å²) < 4.78 is 27.4. The number of hydrogen-bond donors (Lipinski definition) is 1. The molecule has 1 fully saturated rings. The van der Waals surface area contributed by atoms with E-state index >= 15 is 0 Å². The maximum atomic E-state index is 11.6. The third-order valence-electron chi connectivity index (χ3n) is 2.48. The predicted molar refractivity (Wildman–Crippen MR) is 65.2 cm³/mol. The van der Waals surface area contributed by atoms with Crippen molar-refractivity contribution in [1.29, 1.82) is 0 Å². The molecule has 0 aromatic heterocycles. The molecule has 15 heavy (non-hydrogen) atoms. The van der Waals surface area contributed by atoms with Crippen LogP contribution in [-0.2, 0) is 18.3 Å². The highest BCUT2D eigenvalue weighted by Crippen LogP contribution is 2.55. The van der Waals surface area contributed by atoms with Gasteiger partial charge in [-0.1, -0.05) is 19.2 Å². The minimum Gasteiger partial charge on any atom is -0.378 e. The Balaban J connectivity index is 2.66. The second-order valence-corrected chi connectivity index (χ2v) is 7.31. The van der Waals surface area contributed by atoms with E-state index in [1.165, 1.54) is 7.11 Å². The van der Waals surface area contributed by atoms with E-state index in [2.05, 4.69) is 12.2 Å². The number of rotatable bonds is 4. The molecule has 0 radical (unpaired) electrons. The Morgan fingerprint density at radius 3 is 2.80 bits per heavy atom. The first-order valence-corrected chi connectivity index (χ1v) is 7.74. The second-order valence-electron chi connectivity index (χ2n) is 4.32. The van der Waals surface area contributed by atoms with Crippen molar-refractivity contribution >= 4 is 26.9 Å². The fourth-order valence-electron chi connectivity index (χ4n) is 1.82. The molecule has 1 aliphatic rings. The maximum absolute atomic E-state index is 11.6. The second kappa shape index (κ2) is 4.80. The van der Waals surface area contributed by atoms with Gasteiger partial charge in [0.05, 0.1) is 12.2 Å². The molecule has 0 N–H and O–H groups in total. The Bertz CT molecular complexity index is 273. The van der Waals surface area contributed by atoms with Gasteiger partial charge in [0.15, 0.2) is 0 Å². The monoisotopic (exact) mass is 252 g/mol. The van der Waals surface area contributed by atoms with E-state index in [0.717, 1.165) is 6.42 Å². The quantitative estimate of drug-likeness (QED) is 0.469. The van der Waals surface area contributed by atoms with Crippen molar-refractivity contribution in [1.82, 2.24) is 0 Å². The lowest BCUT2D eigenvalue weighted by molar-refractivity contribution is 0.00131. The van der Waals surface area contributed by atoms with E-state index in [1.807, 2.05) is 21.7 Å². The topological polar surface area (TPSA) is 44.8 Å². The number of hydrogen-bond acceptors (Lipinski definition) is 4. The standard InChI is InChI=1S/C8H18BO4PS/c1-4-6-7(5-8(2,9)12-6)13-14(10,15)11-3/h6-7H,4-5,9H2,1-3H3,(H,10,15)/t6-,7?,8?,14?/m1/s1. The average Bonchev–Trinajstić information content (AvgIpc) is 2.40. The smallest absolute Gasteiger partial charge is 0.378 e. The molecule has 3 unspecified atom stereocenters. The van der Waals surface area contributed by atoms with Gasteiger partial charge in [0.1, 0.15) is 7.85 Å². The van der Waals surface area contributed by atoms with Crippen LogP contribution in [0.1, 0.15) is 26.7 Å². The van der Waals surface area contributed by atoms with Crippen molar-refractivity contribution in [3.63, 3.8) is 0 Å². The molecule has 0 spiro atoms. The highest BCUT2D eigenvalue weighted by Gasteiger charge is 2.42. The Labute approximate surface area is 97.1 Å². The largest absolute Gasteiger partial charge is 0.386 e. The van der Waals surface area contributed by atoms with Crippen molar-refractivity contribution in [2.45, 2.75) is 44.4 Å². The summed E-state index contributed by atoms with van der Waals surface area (Å²) in [6.45, 7) is 0.793. The third kappa shape index (κ3) is 3.79. The van der Waals surface area contributed by atoms with Crippen LogP contribution in [0.25, 0.3) is 0 Å². The van der Waals surface area contributed by atoms with Crippen LogP contribution in [0.4, 0.5) is 0 Å². The predicted octanol–water partition coefficient (Wildman–Crippen LogP) is 1.60. The lowest BCUT2D eigenvalue weighted by Crippen LogP contribution is -2.24. The van der Waals surface area contributed by atoms with Gasteiger partial charge < -0.3 is 9.26 Å². The van der Waals surface area contributed by atoms with Gasteiger partial charge in [-0.25, -0.2) is 4.57 Å². The molecular formula is C8H18BO4PS. The van der Waals surface area contributed by atoms with Gasteiger partial charge in [-0.2, -0.15) is 0 Å². The molecule has 0 bridgehead atoms. The van der Waals surface area contributed by atoms with Gasteiger partial charge in [-0.05, 0) is 19.8 Å². The lowest BCUT2D eigenvalue weighted by atomic mass is 9.81. The number of ether oxygens (including phenoxy) is 1. The van der Waals surface area contributed by atoms with Crippen LogP contribution < -0.4 is 0 Å². The fraction of sp³-hybridized carbons (Fsp3) is 1.00. The summed E-state index contributed by atoms with van der Waals surface area (Å²) in [7, 11) is 3.32. The van der Waals surface area contributed by atoms with Crippen molar-refractivity contribution in [2.24, 2.45) is 0 Å². The molecule has 4 nitrogen and oxygen atoms in total. The normalized spacial score (nSPS) is 40.3. The minimum atomic E-state index is -3.22. The summed E-state index contributed by atoms with van der Waals surface area (Å²) in [5.74, 6) is 0. The van der Waals surface area contributed by atoms with Crippen molar-refractivity contribution in [3.8, 4) is 0 Å². The highest BCUT2D eigenvalue weighted by molar-refractivity contribution is 8.44. The van der Waals surface area contributed by atoms with Crippen LogP contribution >= 0.6 is 19.0 Å². The molecule has 0 aliphatic carbocycles.